The first-order valence-corrected chi connectivity index (χ1v) is 8.15. The summed E-state index contributed by atoms with van der Waals surface area (Å²) in [5.41, 5.74) is 1.95. The smallest absolute Gasteiger partial charge is 0.251 e. The molecule has 0 saturated carbocycles. The molecule has 0 aliphatic carbocycles. The van der Waals surface area contributed by atoms with Crippen LogP contribution >= 0.6 is 11.8 Å². The molecule has 0 radical (unpaired) electrons. The highest BCUT2D eigenvalue weighted by molar-refractivity contribution is 7.98. The average Bonchev–Trinajstić information content (AvgIpc) is 2.45. The van der Waals surface area contributed by atoms with Crippen molar-refractivity contribution in [2.45, 2.75) is 37.5 Å². The summed E-state index contributed by atoms with van der Waals surface area (Å²) in [5.74, 6) is 1.39. The molecule has 0 amide bonds. The molecule has 1 aromatic heterocycles. The fourth-order valence-electron chi connectivity index (χ4n) is 1.97. The van der Waals surface area contributed by atoms with E-state index in [1.807, 2.05) is 6.07 Å². The van der Waals surface area contributed by atoms with Crippen LogP contribution < -0.4 is 10.9 Å². The summed E-state index contributed by atoms with van der Waals surface area (Å²) in [7, 11) is 0. The number of H-pyrrole nitrogens is 1. The summed E-state index contributed by atoms with van der Waals surface area (Å²) in [6, 6.07) is 9.88. The lowest BCUT2D eigenvalue weighted by atomic mass is 10.2. The van der Waals surface area contributed by atoms with Crippen LogP contribution in [0.1, 0.15) is 30.4 Å². The van der Waals surface area contributed by atoms with E-state index >= 15 is 0 Å². The monoisotopic (exact) mass is 303 g/mol. The molecule has 2 rings (SSSR count). The molecule has 0 fully saturated rings. The van der Waals surface area contributed by atoms with Gasteiger partial charge in [0.1, 0.15) is 5.82 Å². The van der Waals surface area contributed by atoms with E-state index in [2.05, 4.69) is 47.3 Å². The van der Waals surface area contributed by atoms with Gasteiger partial charge in [-0.05, 0) is 32.0 Å². The molecule has 0 atom stereocenters. The van der Waals surface area contributed by atoms with Crippen molar-refractivity contribution in [3.8, 4) is 0 Å². The van der Waals surface area contributed by atoms with E-state index in [1.165, 1.54) is 10.5 Å². The summed E-state index contributed by atoms with van der Waals surface area (Å²) >= 11 is 1.68. The van der Waals surface area contributed by atoms with Crippen LogP contribution in [-0.2, 0) is 12.3 Å². The van der Waals surface area contributed by atoms with Crippen molar-refractivity contribution in [3.05, 3.63) is 57.8 Å². The lowest BCUT2D eigenvalue weighted by molar-refractivity contribution is 0.659. The van der Waals surface area contributed by atoms with Gasteiger partial charge in [-0.25, -0.2) is 4.98 Å². The summed E-state index contributed by atoms with van der Waals surface area (Å²) in [6.45, 7) is 5.76. The van der Waals surface area contributed by atoms with Crippen LogP contribution in [-0.4, -0.2) is 16.5 Å². The minimum absolute atomic E-state index is 0.0851. The Bertz CT molecular complexity index is 639. The highest BCUT2D eigenvalue weighted by Crippen LogP contribution is 2.21. The Morgan fingerprint density at radius 1 is 1.33 bits per heavy atom. The number of benzene rings is 1. The normalized spacial score (nSPS) is 10.8. The van der Waals surface area contributed by atoms with Crippen LogP contribution in [0.5, 0.6) is 0 Å². The lowest BCUT2D eigenvalue weighted by Crippen LogP contribution is -2.19. The zero-order chi connectivity index (χ0) is 15.1. The molecule has 0 aliphatic heterocycles. The zero-order valence-electron chi connectivity index (χ0n) is 12.5. The van der Waals surface area contributed by atoms with Crippen LogP contribution in [0.3, 0.4) is 0 Å². The van der Waals surface area contributed by atoms with Crippen molar-refractivity contribution in [1.29, 1.82) is 0 Å². The number of thioether (sulfide) groups is 1. The lowest BCUT2D eigenvalue weighted by Gasteiger charge is -2.06. The predicted molar refractivity (Wildman–Crippen MR) is 87.6 cm³/mol. The van der Waals surface area contributed by atoms with Crippen LogP contribution in [0.2, 0.25) is 0 Å². The van der Waals surface area contributed by atoms with Gasteiger partial charge in [0.15, 0.2) is 0 Å². The van der Waals surface area contributed by atoms with E-state index in [9.17, 15) is 4.79 Å². The molecule has 0 spiro atoms. The third-order valence-electron chi connectivity index (χ3n) is 2.94. The third-order valence-corrected chi connectivity index (χ3v) is 3.95. The molecule has 21 heavy (non-hydrogen) atoms. The molecule has 4 nitrogen and oxygen atoms in total. The Hall–Kier alpha value is -1.59. The molecule has 1 heterocycles. The Morgan fingerprint density at radius 2 is 2.19 bits per heavy atom. The highest BCUT2D eigenvalue weighted by Gasteiger charge is 2.03. The van der Waals surface area contributed by atoms with Gasteiger partial charge in [-0.15, -0.1) is 11.8 Å². The number of hydrogen-bond donors (Lipinski definition) is 2. The predicted octanol–water partition coefficient (Wildman–Crippen LogP) is 2.87. The van der Waals surface area contributed by atoms with Crippen molar-refractivity contribution >= 4 is 11.8 Å². The molecule has 0 saturated heterocycles. The van der Waals surface area contributed by atoms with Crippen LogP contribution in [0.25, 0.3) is 0 Å². The van der Waals surface area contributed by atoms with E-state index in [-0.39, 0.29) is 5.56 Å². The van der Waals surface area contributed by atoms with Crippen molar-refractivity contribution < 1.29 is 0 Å². The molecular weight excluding hydrogens is 282 g/mol. The van der Waals surface area contributed by atoms with Gasteiger partial charge >= 0.3 is 0 Å². The summed E-state index contributed by atoms with van der Waals surface area (Å²) < 4.78 is 0. The number of aryl methyl sites for hydroxylation is 1. The summed E-state index contributed by atoms with van der Waals surface area (Å²) in [4.78, 5) is 20.2. The second-order valence-electron chi connectivity index (χ2n) is 4.97. The maximum Gasteiger partial charge on any atom is 0.251 e. The van der Waals surface area contributed by atoms with Gasteiger partial charge in [-0.2, -0.15) is 0 Å². The third kappa shape index (κ3) is 5.36. The Labute approximate surface area is 129 Å². The quantitative estimate of drug-likeness (QED) is 0.610. The van der Waals surface area contributed by atoms with Crippen molar-refractivity contribution in [3.63, 3.8) is 0 Å². The molecule has 2 aromatic rings. The second-order valence-corrected chi connectivity index (χ2v) is 6.01. The van der Waals surface area contributed by atoms with Crippen molar-refractivity contribution in [2.24, 2.45) is 0 Å². The van der Waals surface area contributed by atoms with Gasteiger partial charge in [-0.1, -0.05) is 24.6 Å². The Morgan fingerprint density at radius 3 is 2.95 bits per heavy atom. The topological polar surface area (TPSA) is 57.8 Å². The minimum Gasteiger partial charge on any atom is -0.311 e. The first-order chi connectivity index (χ1) is 10.2. The van der Waals surface area contributed by atoms with E-state index < -0.39 is 0 Å². The van der Waals surface area contributed by atoms with Gasteiger partial charge in [0.05, 0.1) is 11.4 Å². The number of nitrogens with zero attached hydrogens (tertiary/aromatic N) is 1. The summed E-state index contributed by atoms with van der Waals surface area (Å²) in [5, 5.41) is 3.26. The molecule has 0 aliphatic rings. The van der Waals surface area contributed by atoms with E-state index in [1.54, 1.807) is 17.8 Å². The zero-order valence-corrected chi connectivity index (χ0v) is 13.3. The van der Waals surface area contributed by atoms with E-state index in [0.717, 1.165) is 24.5 Å². The number of nitrogens with one attached hydrogen (secondary N) is 2. The van der Waals surface area contributed by atoms with Gasteiger partial charge < -0.3 is 10.3 Å². The van der Waals surface area contributed by atoms with Crippen LogP contribution in [0.15, 0.2) is 40.0 Å². The first kappa shape index (κ1) is 15.8. The number of aromatic nitrogens is 2. The van der Waals surface area contributed by atoms with Crippen LogP contribution in [0, 0.1) is 6.92 Å². The van der Waals surface area contributed by atoms with Gasteiger partial charge in [0, 0.05) is 17.5 Å². The average molecular weight is 303 g/mol. The highest BCUT2D eigenvalue weighted by atomic mass is 32.2. The van der Waals surface area contributed by atoms with Gasteiger partial charge in [0.25, 0.3) is 5.56 Å². The second kappa shape index (κ2) is 8.00. The first-order valence-electron chi connectivity index (χ1n) is 7.16. The summed E-state index contributed by atoms with van der Waals surface area (Å²) in [6.07, 6.45) is 1.07. The molecule has 0 bridgehead atoms. The van der Waals surface area contributed by atoms with Gasteiger partial charge in [0.2, 0.25) is 0 Å². The molecule has 1 aromatic carbocycles. The maximum atomic E-state index is 11.7. The number of rotatable bonds is 7. The fourth-order valence-corrected chi connectivity index (χ4v) is 2.86. The Balaban J connectivity index is 2.00. The largest absolute Gasteiger partial charge is 0.311 e. The van der Waals surface area contributed by atoms with E-state index in [4.69, 9.17) is 0 Å². The molecular formula is C16H21N3OS. The van der Waals surface area contributed by atoms with Crippen LogP contribution in [0.4, 0.5) is 0 Å². The SMILES string of the molecule is CCCNCc1cc(=O)[nH]c(CSc2cccc(C)c2)n1. The van der Waals surface area contributed by atoms with Crippen molar-refractivity contribution in [2.75, 3.05) is 6.54 Å². The van der Waals surface area contributed by atoms with Gasteiger partial charge in [-0.3, -0.25) is 4.79 Å². The van der Waals surface area contributed by atoms with Crippen molar-refractivity contribution in [1.82, 2.24) is 15.3 Å². The number of hydrogen-bond acceptors (Lipinski definition) is 4. The number of aromatic amines is 1. The van der Waals surface area contributed by atoms with E-state index in [0.29, 0.717) is 12.3 Å². The minimum atomic E-state index is -0.0851. The molecule has 112 valence electrons. The molecule has 5 heteroatoms. The molecule has 0 unspecified atom stereocenters. The fraction of sp³-hybridized carbons (Fsp3) is 0.375. The molecule has 2 N–H and O–H groups in total. The maximum absolute atomic E-state index is 11.7. The standard InChI is InChI=1S/C16H21N3OS/c1-3-7-17-10-13-9-16(20)19-15(18-13)11-21-14-6-4-5-12(2)8-14/h4-6,8-9,17H,3,7,10-11H2,1-2H3,(H,18,19,20). The Kier molecular flexibility index (Phi) is 6.02.